The van der Waals surface area contributed by atoms with E-state index in [1.807, 2.05) is 6.07 Å². The fourth-order valence-corrected chi connectivity index (χ4v) is 4.09. The van der Waals surface area contributed by atoms with Gasteiger partial charge in [-0.05, 0) is 38.7 Å². The molecule has 0 saturated carbocycles. The molecule has 1 aromatic heterocycles. The smallest absolute Gasteiger partial charge is 0.265 e. The first kappa shape index (κ1) is 20.0. The van der Waals surface area contributed by atoms with Crippen LogP contribution in [0.15, 0.2) is 23.3 Å². The highest BCUT2D eigenvalue weighted by molar-refractivity contribution is 6.76. The van der Waals surface area contributed by atoms with Crippen LogP contribution < -0.4 is 10.5 Å². The van der Waals surface area contributed by atoms with Crippen LogP contribution in [0.3, 0.4) is 0 Å². The first-order valence-corrected chi connectivity index (χ1v) is 13.4. The van der Waals surface area contributed by atoms with E-state index < -0.39 is 8.07 Å². The second-order valence-corrected chi connectivity index (χ2v) is 14.6. The van der Waals surface area contributed by atoms with Gasteiger partial charge < -0.3 is 14.5 Å². The maximum atomic E-state index is 13.2. The molecule has 148 valence electrons. The summed E-state index contributed by atoms with van der Waals surface area (Å²) in [4.78, 5) is 22.2. The molecule has 0 N–H and O–H groups in total. The molecule has 3 rings (SSSR count). The molecule has 1 aromatic carbocycles. The third kappa shape index (κ3) is 4.42. The largest absolute Gasteiger partial charge is 0.367 e. The van der Waals surface area contributed by atoms with Gasteiger partial charge in [0.05, 0.1) is 16.6 Å². The van der Waals surface area contributed by atoms with Crippen LogP contribution in [0.5, 0.6) is 0 Å². The Bertz CT molecular complexity index is 867. The van der Waals surface area contributed by atoms with E-state index in [1.165, 1.54) is 0 Å². The van der Waals surface area contributed by atoms with Crippen LogP contribution in [0, 0.1) is 6.92 Å². The summed E-state index contributed by atoms with van der Waals surface area (Å²) in [6.07, 6.45) is 1.61. The van der Waals surface area contributed by atoms with Crippen molar-refractivity contribution < 1.29 is 4.74 Å². The highest BCUT2D eigenvalue weighted by Crippen LogP contribution is 2.31. The van der Waals surface area contributed by atoms with Crippen molar-refractivity contribution in [3.63, 3.8) is 0 Å². The average Bonchev–Trinajstić information content (AvgIpc) is 2.52. The predicted molar refractivity (Wildman–Crippen MR) is 115 cm³/mol. The zero-order valence-corrected chi connectivity index (χ0v) is 18.5. The summed E-state index contributed by atoms with van der Waals surface area (Å²) in [6.45, 7) is 11.9. The maximum absolute atomic E-state index is 13.2. The van der Waals surface area contributed by atoms with Crippen molar-refractivity contribution in [1.29, 1.82) is 0 Å². The summed E-state index contributed by atoms with van der Waals surface area (Å²) in [7, 11) is 3.07. The van der Waals surface area contributed by atoms with Gasteiger partial charge in [0.15, 0.2) is 0 Å². The number of aromatic nitrogens is 2. The lowest BCUT2D eigenvalue weighted by Gasteiger charge is -2.45. The number of hydrogen-bond donors (Lipinski definition) is 0. The molecule has 6 nitrogen and oxygen atoms in total. The minimum absolute atomic E-state index is 0.0139. The van der Waals surface area contributed by atoms with Crippen molar-refractivity contribution in [1.82, 2.24) is 14.5 Å². The summed E-state index contributed by atoms with van der Waals surface area (Å²) in [5, 5.41) is 0.712. The van der Waals surface area contributed by atoms with Crippen molar-refractivity contribution in [3.8, 4) is 0 Å². The summed E-state index contributed by atoms with van der Waals surface area (Å²) >= 11 is 0. The molecule has 1 fully saturated rings. The Labute approximate surface area is 162 Å². The number of fused-ring (bicyclic) bond motifs is 1. The fraction of sp³-hybridized carbons (Fsp3) is 0.600. The number of rotatable bonds is 7. The molecule has 0 unspecified atom stereocenters. The molecule has 1 saturated heterocycles. The Hall–Kier alpha value is -1.70. The Morgan fingerprint density at radius 3 is 2.59 bits per heavy atom. The van der Waals surface area contributed by atoms with Gasteiger partial charge in [0, 0.05) is 33.8 Å². The monoisotopic (exact) mass is 388 g/mol. The van der Waals surface area contributed by atoms with Crippen LogP contribution in [0.2, 0.25) is 25.7 Å². The number of likely N-dealkylation sites (N-methyl/N-ethyl adjacent to an activating group) is 1. The molecule has 2 heterocycles. The lowest BCUT2D eigenvalue weighted by molar-refractivity contribution is 0.0844. The highest BCUT2D eigenvalue weighted by atomic mass is 28.3. The molecule has 7 heteroatoms. The van der Waals surface area contributed by atoms with Crippen LogP contribution in [-0.2, 0) is 11.5 Å². The van der Waals surface area contributed by atoms with Crippen molar-refractivity contribution in [3.05, 3.63) is 34.4 Å². The van der Waals surface area contributed by atoms with E-state index in [-0.39, 0.29) is 12.3 Å². The number of ether oxygens (including phenoxy) is 1. The van der Waals surface area contributed by atoms with E-state index in [9.17, 15) is 4.79 Å². The summed E-state index contributed by atoms with van der Waals surface area (Å²) in [5.74, 6) is 0. The molecule has 27 heavy (non-hydrogen) atoms. The summed E-state index contributed by atoms with van der Waals surface area (Å²) in [6, 6.07) is 5.62. The minimum Gasteiger partial charge on any atom is -0.367 e. The predicted octanol–water partition coefficient (Wildman–Crippen LogP) is 2.77. The molecular formula is C20H32N4O2Si. The number of nitrogens with zero attached hydrogens (tertiary/aromatic N) is 4. The van der Waals surface area contributed by atoms with E-state index in [1.54, 1.807) is 10.9 Å². The van der Waals surface area contributed by atoms with Gasteiger partial charge in [0.2, 0.25) is 0 Å². The summed E-state index contributed by atoms with van der Waals surface area (Å²) < 4.78 is 7.38. The molecule has 0 radical (unpaired) electrons. The SMILES string of the molecule is Cc1ccc2ncn(COCC[Si](C)(C)C)c(=O)c2c1N1CC(N(C)C)C1. The number of hydrogen-bond acceptors (Lipinski definition) is 5. The Kier molecular flexibility index (Phi) is 5.74. The normalized spacial score (nSPS) is 15.6. The van der Waals surface area contributed by atoms with Crippen LogP contribution in [-0.4, -0.2) is 62.4 Å². The van der Waals surface area contributed by atoms with E-state index in [4.69, 9.17) is 4.74 Å². The third-order valence-corrected chi connectivity index (χ3v) is 7.01. The zero-order valence-electron chi connectivity index (χ0n) is 17.5. The molecule has 0 atom stereocenters. The van der Waals surface area contributed by atoms with Crippen LogP contribution in [0.25, 0.3) is 10.9 Å². The van der Waals surface area contributed by atoms with Crippen LogP contribution in [0.4, 0.5) is 5.69 Å². The Morgan fingerprint density at radius 2 is 1.96 bits per heavy atom. The van der Waals surface area contributed by atoms with Gasteiger partial charge in [-0.1, -0.05) is 25.7 Å². The number of aryl methyl sites for hydroxylation is 1. The Balaban J connectivity index is 1.86. The molecule has 0 spiro atoms. The Morgan fingerprint density at radius 1 is 1.26 bits per heavy atom. The standard InChI is InChI=1S/C20H32N4O2Si/c1-15-7-8-17-18(19(15)23-11-16(12-23)22(2)3)20(25)24(13-21-17)14-26-9-10-27(4,5)6/h7-8,13,16H,9-12,14H2,1-6H3. The van der Waals surface area contributed by atoms with Gasteiger partial charge in [-0.15, -0.1) is 0 Å². The molecule has 1 aliphatic rings. The van der Waals surface area contributed by atoms with Crippen molar-refractivity contribution in [2.24, 2.45) is 0 Å². The van der Waals surface area contributed by atoms with E-state index in [0.29, 0.717) is 18.0 Å². The zero-order chi connectivity index (χ0) is 19.8. The van der Waals surface area contributed by atoms with E-state index in [0.717, 1.165) is 35.9 Å². The fourth-order valence-electron chi connectivity index (χ4n) is 3.34. The van der Waals surface area contributed by atoms with Gasteiger partial charge in [0.25, 0.3) is 5.56 Å². The first-order valence-electron chi connectivity index (χ1n) is 9.65. The molecule has 1 aliphatic heterocycles. The van der Waals surface area contributed by atoms with Crippen LogP contribution in [0.1, 0.15) is 5.56 Å². The average molecular weight is 389 g/mol. The maximum Gasteiger partial charge on any atom is 0.265 e. The van der Waals surface area contributed by atoms with E-state index >= 15 is 0 Å². The molecule has 0 amide bonds. The lowest BCUT2D eigenvalue weighted by atomic mass is 10.0. The molecule has 0 bridgehead atoms. The van der Waals surface area contributed by atoms with Crippen molar-refractivity contribution in [2.75, 3.05) is 38.7 Å². The molecular weight excluding hydrogens is 356 g/mol. The highest BCUT2D eigenvalue weighted by Gasteiger charge is 2.31. The quantitative estimate of drug-likeness (QED) is 0.539. The van der Waals surface area contributed by atoms with Gasteiger partial charge in [0.1, 0.15) is 13.1 Å². The first-order chi connectivity index (χ1) is 12.7. The third-order valence-electron chi connectivity index (χ3n) is 5.30. The summed E-state index contributed by atoms with van der Waals surface area (Å²) in [5.41, 5.74) is 2.89. The van der Waals surface area contributed by atoms with Crippen LogP contribution >= 0.6 is 0 Å². The molecule has 2 aromatic rings. The van der Waals surface area contributed by atoms with Crippen molar-refractivity contribution >= 4 is 24.7 Å². The minimum atomic E-state index is -1.14. The topological polar surface area (TPSA) is 50.6 Å². The van der Waals surface area contributed by atoms with E-state index in [2.05, 4.69) is 61.5 Å². The second kappa shape index (κ2) is 7.73. The lowest BCUT2D eigenvalue weighted by Crippen LogP contribution is -2.57. The van der Waals surface area contributed by atoms with Gasteiger partial charge in [-0.25, -0.2) is 4.98 Å². The van der Waals surface area contributed by atoms with Gasteiger partial charge in [-0.3, -0.25) is 9.36 Å². The second-order valence-electron chi connectivity index (χ2n) is 9.02. The number of anilines is 1. The van der Waals surface area contributed by atoms with Gasteiger partial charge in [-0.2, -0.15) is 0 Å². The van der Waals surface area contributed by atoms with Crippen molar-refractivity contribution in [2.45, 2.75) is 45.4 Å². The number of benzene rings is 1. The van der Waals surface area contributed by atoms with Gasteiger partial charge >= 0.3 is 0 Å². The molecule has 0 aliphatic carbocycles.